The number of rotatable bonds is 7. The molecule has 0 aliphatic carbocycles. The third-order valence-corrected chi connectivity index (χ3v) is 4.80. The van der Waals surface area contributed by atoms with Crippen LogP contribution in [0.5, 0.6) is 0 Å². The fourth-order valence-electron chi connectivity index (χ4n) is 2.93. The van der Waals surface area contributed by atoms with Crippen molar-refractivity contribution >= 4 is 11.7 Å². The molecule has 0 aliphatic rings. The number of hydrogen-bond acceptors (Lipinski definition) is 3. The molecule has 146 valence electrons. The van der Waals surface area contributed by atoms with Gasteiger partial charge in [0, 0.05) is 44.1 Å². The van der Waals surface area contributed by atoms with Crippen LogP contribution in [-0.2, 0) is 6.54 Å². The molecule has 0 saturated heterocycles. The number of urea groups is 1. The average molecular weight is 377 g/mol. The predicted molar refractivity (Wildman–Crippen MR) is 113 cm³/mol. The maximum Gasteiger partial charge on any atom is 0.317 e. The Kier molecular flexibility index (Phi) is 6.32. The molecule has 6 heteroatoms. The van der Waals surface area contributed by atoms with Crippen molar-refractivity contribution in [2.45, 2.75) is 19.5 Å². The van der Waals surface area contributed by atoms with Crippen molar-refractivity contribution in [3.63, 3.8) is 0 Å². The summed E-state index contributed by atoms with van der Waals surface area (Å²) in [7, 11) is 3.83. The van der Waals surface area contributed by atoms with E-state index in [1.807, 2.05) is 66.5 Å². The zero-order valence-corrected chi connectivity index (χ0v) is 16.6. The Hall–Kier alpha value is -3.28. The van der Waals surface area contributed by atoms with Crippen LogP contribution in [0, 0.1) is 0 Å². The van der Waals surface area contributed by atoms with Crippen LogP contribution in [-0.4, -0.2) is 47.4 Å². The lowest BCUT2D eigenvalue weighted by molar-refractivity contribution is 0.206. The van der Waals surface area contributed by atoms with Gasteiger partial charge in [0.2, 0.25) is 0 Å². The Morgan fingerprint density at radius 3 is 2.39 bits per heavy atom. The van der Waals surface area contributed by atoms with E-state index in [0.29, 0.717) is 13.1 Å². The first-order valence-electron chi connectivity index (χ1n) is 9.40. The van der Waals surface area contributed by atoms with Gasteiger partial charge < -0.3 is 15.1 Å². The van der Waals surface area contributed by atoms with Crippen molar-refractivity contribution in [2.24, 2.45) is 0 Å². The number of carbonyl (C=O) groups is 1. The van der Waals surface area contributed by atoms with E-state index in [1.165, 1.54) is 0 Å². The van der Waals surface area contributed by atoms with Gasteiger partial charge in [-0.3, -0.25) is 0 Å². The number of benzene rings is 2. The van der Waals surface area contributed by atoms with E-state index in [0.717, 1.165) is 16.9 Å². The maximum atomic E-state index is 12.5. The van der Waals surface area contributed by atoms with E-state index >= 15 is 0 Å². The van der Waals surface area contributed by atoms with Crippen LogP contribution in [0.1, 0.15) is 12.5 Å². The van der Waals surface area contributed by atoms with Crippen molar-refractivity contribution < 1.29 is 4.79 Å². The van der Waals surface area contributed by atoms with Gasteiger partial charge in [-0.15, -0.1) is 0 Å². The lowest BCUT2D eigenvalue weighted by atomic mass is 10.2. The zero-order chi connectivity index (χ0) is 19.9. The number of amides is 2. The van der Waals surface area contributed by atoms with Gasteiger partial charge in [-0.05, 0) is 31.2 Å². The smallest absolute Gasteiger partial charge is 0.317 e. The number of likely N-dealkylation sites (N-methyl/N-ethyl adjacent to an activating group) is 1. The monoisotopic (exact) mass is 377 g/mol. The molecule has 1 atom stereocenters. The molecule has 0 fully saturated rings. The molecule has 3 aromatic rings. The number of carbonyl (C=O) groups excluding carboxylic acids is 1. The molecule has 1 unspecified atom stereocenters. The third-order valence-electron chi connectivity index (χ3n) is 4.80. The standard InChI is InChI=1S/C22H27N5O/c1-18(26(3)20-10-6-4-7-11-20)14-23-22(28)25(2)16-19-15-24-27(17-19)21-12-8-5-9-13-21/h4-13,15,17-18H,14,16H2,1-3H3,(H,23,28). The van der Waals surface area contributed by atoms with E-state index in [1.54, 1.807) is 18.1 Å². The fraction of sp³-hybridized carbons (Fsp3) is 0.273. The molecule has 0 bridgehead atoms. The minimum atomic E-state index is -0.0965. The summed E-state index contributed by atoms with van der Waals surface area (Å²) in [5.74, 6) is 0. The van der Waals surface area contributed by atoms with Crippen LogP contribution in [0.3, 0.4) is 0 Å². The summed E-state index contributed by atoms with van der Waals surface area (Å²) in [5.41, 5.74) is 3.11. The SMILES string of the molecule is CC(CNC(=O)N(C)Cc1cnn(-c2ccccc2)c1)N(C)c1ccccc1. The highest BCUT2D eigenvalue weighted by molar-refractivity contribution is 5.74. The van der Waals surface area contributed by atoms with Crippen molar-refractivity contribution in [3.05, 3.63) is 78.6 Å². The van der Waals surface area contributed by atoms with Crippen LogP contribution in [0.25, 0.3) is 5.69 Å². The van der Waals surface area contributed by atoms with Crippen molar-refractivity contribution in [1.29, 1.82) is 0 Å². The van der Waals surface area contributed by atoms with Crippen molar-refractivity contribution in [1.82, 2.24) is 20.0 Å². The van der Waals surface area contributed by atoms with E-state index in [4.69, 9.17) is 0 Å². The lowest BCUT2D eigenvalue weighted by Crippen LogP contribution is -2.44. The van der Waals surface area contributed by atoms with Crippen molar-refractivity contribution in [3.8, 4) is 5.69 Å². The highest BCUT2D eigenvalue weighted by atomic mass is 16.2. The van der Waals surface area contributed by atoms with Crippen LogP contribution in [0.15, 0.2) is 73.1 Å². The van der Waals surface area contributed by atoms with Crippen LogP contribution < -0.4 is 10.2 Å². The number of hydrogen-bond donors (Lipinski definition) is 1. The highest BCUT2D eigenvalue weighted by Gasteiger charge is 2.14. The normalized spacial score (nSPS) is 11.7. The molecule has 0 radical (unpaired) electrons. The Morgan fingerprint density at radius 1 is 1.07 bits per heavy atom. The molecule has 1 N–H and O–H groups in total. The van der Waals surface area contributed by atoms with E-state index in [9.17, 15) is 4.79 Å². The number of anilines is 1. The molecule has 2 amide bonds. The summed E-state index contributed by atoms with van der Waals surface area (Å²) in [5, 5.41) is 7.39. The topological polar surface area (TPSA) is 53.4 Å². The quantitative estimate of drug-likeness (QED) is 0.685. The summed E-state index contributed by atoms with van der Waals surface area (Å²) in [6, 6.07) is 20.2. The Labute approximate surface area is 166 Å². The van der Waals surface area contributed by atoms with Gasteiger partial charge in [-0.2, -0.15) is 5.10 Å². The summed E-state index contributed by atoms with van der Waals surface area (Å²) < 4.78 is 1.82. The summed E-state index contributed by atoms with van der Waals surface area (Å²) in [6.07, 6.45) is 3.74. The first-order valence-corrected chi connectivity index (χ1v) is 9.40. The molecular formula is C22H27N5O. The second-order valence-corrected chi connectivity index (χ2v) is 6.97. The average Bonchev–Trinajstić information content (AvgIpc) is 3.21. The molecule has 0 aliphatic heterocycles. The first kappa shape index (κ1) is 19.5. The van der Waals surface area contributed by atoms with Gasteiger partial charge in [0.05, 0.1) is 18.4 Å². The van der Waals surface area contributed by atoms with E-state index in [2.05, 4.69) is 34.4 Å². The molecule has 1 aromatic heterocycles. The first-order chi connectivity index (χ1) is 13.5. The third kappa shape index (κ3) is 4.91. The minimum Gasteiger partial charge on any atom is -0.370 e. The van der Waals surface area contributed by atoms with Gasteiger partial charge >= 0.3 is 6.03 Å². The van der Waals surface area contributed by atoms with Gasteiger partial charge in [-0.25, -0.2) is 9.48 Å². The van der Waals surface area contributed by atoms with Gasteiger partial charge in [-0.1, -0.05) is 36.4 Å². The van der Waals surface area contributed by atoms with Gasteiger partial charge in [0.1, 0.15) is 0 Å². The molecule has 0 spiro atoms. The molecule has 1 heterocycles. The summed E-state index contributed by atoms with van der Waals surface area (Å²) in [4.78, 5) is 16.3. The lowest BCUT2D eigenvalue weighted by Gasteiger charge is -2.28. The van der Waals surface area contributed by atoms with E-state index in [-0.39, 0.29) is 12.1 Å². The van der Waals surface area contributed by atoms with E-state index < -0.39 is 0 Å². The number of para-hydroxylation sites is 2. The summed E-state index contributed by atoms with van der Waals surface area (Å²) >= 11 is 0. The molecule has 6 nitrogen and oxygen atoms in total. The minimum absolute atomic E-state index is 0.0965. The highest BCUT2D eigenvalue weighted by Crippen LogP contribution is 2.14. The number of nitrogens with one attached hydrogen (secondary N) is 1. The van der Waals surface area contributed by atoms with Gasteiger partial charge in [0.25, 0.3) is 0 Å². The second kappa shape index (κ2) is 9.08. The van der Waals surface area contributed by atoms with Crippen LogP contribution >= 0.6 is 0 Å². The maximum absolute atomic E-state index is 12.5. The predicted octanol–water partition coefficient (Wildman–Crippen LogP) is 3.54. The molecule has 3 rings (SSSR count). The molecule has 2 aromatic carbocycles. The van der Waals surface area contributed by atoms with Crippen LogP contribution in [0.4, 0.5) is 10.5 Å². The Morgan fingerprint density at radius 2 is 1.71 bits per heavy atom. The second-order valence-electron chi connectivity index (χ2n) is 6.97. The van der Waals surface area contributed by atoms with Gasteiger partial charge in [0.15, 0.2) is 0 Å². The molecular weight excluding hydrogens is 350 g/mol. The molecule has 0 saturated carbocycles. The number of nitrogens with zero attached hydrogens (tertiary/aromatic N) is 4. The molecule has 28 heavy (non-hydrogen) atoms. The van der Waals surface area contributed by atoms with Crippen molar-refractivity contribution in [2.75, 3.05) is 25.5 Å². The zero-order valence-electron chi connectivity index (χ0n) is 16.6. The number of aromatic nitrogens is 2. The largest absolute Gasteiger partial charge is 0.370 e. The Bertz CT molecular complexity index is 878. The Balaban J connectivity index is 1.50. The summed E-state index contributed by atoms with van der Waals surface area (Å²) in [6.45, 7) is 3.16. The van der Waals surface area contributed by atoms with Crippen LogP contribution in [0.2, 0.25) is 0 Å². The fourth-order valence-corrected chi connectivity index (χ4v) is 2.93.